The quantitative estimate of drug-likeness (QED) is 0.533. The summed E-state index contributed by atoms with van der Waals surface area (Å²) < 4.78 is 21.2. The predicted octanol–water partition coefficient (Wildman–Crippen LogP) is 3.52. The first kappa shape index (κ1) is 17.7. The topological polar surface area (TPSA) is 90.4 Å². The number of halogens is 1. The standard InChI is InChI=1S/C20H19FN6O/c1-2-28-17-9-13(21)6-7-15(17)16-11-24-20(22)26-19(16)23-10-14-12-27-8-4-3-5-18(27)25-14/h3-9,11-12H,2,10H2,1H3,(H3,22,23,24,26). The summed E-state index contributed by atoms with van der Waals surface area (Å²) in [5.41, 5.74) is 8.84. The summed E-state index contributed by atoms with van der Waals surface area (Å²) in [6, 6.07) is 10.2. The third kappa shape index (κ3) is 3.57. The minimum absolute atomic E-state index is 0.140. The van der Waals surface area contributed by atoms with Crippen molar-refractivity contribution in [2.24, 2.45) is 0 Å². The van der Waals surface area contributed by atoms with E-state index in [1.807, 2.05) is 41.9 Å². The Kier molecular flexibility index (Phi) is 4.76. The molecule has 28 heavy (non-hydrogen) atoms. The van der Waals surface area contributed by atoms with E-state index in [4.69, 9.17) is 10.5 Å². The largest absolute Gasteiger partial charge is 0.493 e. The van der Waals surface area contributed by atoms with E-state index in [2.05, 4.69) is 20.3 Å². The van der Waals surface area contributed by atoms with E-state index in [0.29, 0.717) is 35.8 Å². The summed E-state index contributed by atoms with van der Waals surface area (Å²) in [7, 11) is 0. The van der Waals surface area contributed by atoms with E-state index in [1.54, 1.807) is 12.3 Å². The first-order valence-corrected chi connectivity index (χ1v) is 8.85. The average Bonchev–Trinajstić information content (AvgIpc) is 3.10. The van der Waals surface area contributed by atoms with E-state index >= 15 is 0 Å². The summed E-state index contributed by atoms with van der Waals surface area (Å²) >= 11 is 0. The maximum Gasteiger partial charge on any atom is 0.221 e. The predicted molar refractivity (Wildman–Crippen MR) is 106 cm³/mol. The van der Waals surface area contributed by atoms with Crippen molar-refractivity contribution in [1.82, 2.24) is 19.4 Å². The van der Waals surface area contributed by atoms with Gasteiger partial charge in [-0.05, 0) is 31.2 Å². The minimum atomic E-state index is -0.372. The van der Waals surface area contributed by atoms with Gasteiger partial charge in [-0.1, -0.05) is 6.07 Å². The van der Waals surface area contributed by atoms with Crippen LogP contribution in [0.15, 0.2) is 55.0 Å². The molecule has 0 aliphatic heterocycles. The number of benzene rings is 1. The Hall–Kier alpha value is -3.68. The lowest BCUT2D eigenvalue weighted by atomic mass is 10.1. The maximum absolute atomic E-state index is 13.7. The summed E-state index contributed by atoms with van der Waals surface area (Å²) in [6.45, 7) is 2.70. The van der Waals surface area contributed by atoms with Gasteiger partial charge in [-0.25, -0.2) is 14.4 Å². The zero-order valence-corrected chi connectivity index (χ0v) is 15.3. The second-order valence-corrected chi connectivity index (χ2v) is 6.12. The van der Waals surface area contributed by atoms with Gasteiger partial charge in [0.25, 0.3) is 0 Å². The Morgan fingerprint density at radius 1 is 1.18 bits per heavy atom. The van der Waals surface area contributed by atoms with E-state index in [0.717, 1.165) is 11.3 Å². The molecule has 0 atom stereocenters. The third-order valence-corrected chi connectivity index (χ3v) is 4.19. The molecule has 0 aliphatic carbocycles. The second kappa shape index (κ2) is 7.51. The molecule has 3 aromatic heterocycles. The molecular formula is C20H19FN6O. The molecule has 4 aromatic rings. The lowest BCUT2D eigenvalue weighted by molar-refractivity contribution is 0.339. The number of nitrogens with zero attached hydrogens (tertiary/aromatic N) is 4. The van der Waals surface area contributed by atoms with Crippen molar-refractivity contribution in [2.45, 2.75) is 13.5 Å². The van der Waals surface area contributed by atoms with Gasteiger partial charge in [0.15, 0.2) is 0 Å². The van der Waals surface area contributed by atoms with Crippen molar-refractivity contribution in [3.63, 3.8) is 0 Å². The number of hydrogen-bond acceptors (Lipinski definition) is 6. The average molecular weight is 378 g/mol. The normalized spacial score (nSPS) is 10.9. The molecule has 8 heteroatoms. The highest BCUT2D eigenvalue weighted by molar-refractivity contribution is 5.79. The van der Waals surface area contributed by atoms with E-state index in [-0.39, 0.29) is 11.8 Å². The van der Waals surface area contributed by atoms with Gasteiger partial charge in [-0.3, -0.25) is 0 Å². The summed E-state index contributed by atoms with van der Waals surface area (Å²) in [6.07, 6.45) is 5.48. The maximum atomic E-state index is 13.7. The van der Waals surface area contributed by atoms with Gasteiger partial charge < -0.3 is 20.2 Å². The number of pyridine rings is 1. The van der Waals surface area contributed by atoms with Crippen molar-refractivity contribution in [1.29, 1.82) is 0 Å². The van der Waals surface area contributed by atoms with E-state index < -0.39 is 0 Å². The zero-order valence-electron chi connectivity index (χ0n) is 15.3. The molecule has 0 saturated heterocycles. The van der Waals surface area contributed by atoms with Gasteiger partial charge in [0, 0.05) is 35.8 Å². The van der Waals surface area contributed by atoms with Crippen molar-refractivity contribution < 1.29 is 9.13 Å². The molecule has 3 N–H and O–H groups in total. The highest BCUT2D eigenvalue weighted by Crippen LogP contribution is 2.34. The molecule has 0 bridgehead atoms. The molecule has 0 fully saturated rings. The number of nitrogen functional groups attached to an aromatic ring is 1. The Morgan fingerprint density at radius 3 is 2.89 bits per heavy atom. The highest BCUT2D eigenvalue weighted by atomic mass is 19.1. The Bertz CT molecular complexity index is 1090. The van der Waals surface area contributed by atoms with Crippen molar-refractivity contribution in [3.05, 3.63) is 66.5 Å². The van der Waals surface area contributed by atoms with Crippen molar-refractivity contribution >= 4 is 17.4 Å². The molecule has 142 valence electrons. The SMILES string of the molecule is CCOc1cc(F)ccc1-c1cnc(N)nc1NCc1cn2ccccc2n1. The van der Waals surface area contributed by atoms with Gasteiger partial charge in [0.1, 0.15) is 23.0 Å². The van der Waals surface area contributed by atoms with Crippen LogP contribution in [0, 0.1) is 5.82 Å². The van der Waals surface area contributed by atoms with E-state index in [9.17, 15) is 4.39 Å². The number of imidazole rings is 1. The minimum Gasteiger partial charge on any atom is -0.493 e. The fraction of sp³-hybridized carbons (Fsp3) is 0.150. The van der Waals surface area contributed by atoms with Crippen LogP contribution < -0.4 is 15.8 Å². The number of aromatic nitrogens is 4. The number of anilines is 2. The fourth-order valence-corrected chi connectivity index (χ4v) is 2.97. The fourth-order valence-electron chi connectivity index (χ4n) is 2.97. The number of nitrogens with one attached hydrogen (secondary N) is 1. The van der Waals surface area contributed by atoms with Crippen LogP contribution in [-0.4, -0.2) is 26.0 Å². The molecule has 0 radical (unpaired) electrons. The second-order valence-electron chi connectivity index (χ2n) is 6.12. The van der Waals surface area contributed by atoms with Gasteiger partial charge in [-0.15, -0.1) is 0 Å². The molecule has 0 saturated carbocycles. The van der Waals surface area contributed by atoms with Gasteiger partial charge >= 0.3 is 0 Å². The number of nitrogens with two attached hydrogens (primary N) is 1. The lowest BCUT2D eigenvalue weighted by Gasteiger charge is -2.14. The number of fused-ring (bicyclic) bond motifs is 1. The highest BCUT2D eigenvalue weighted by Gasteiger charge is 2.15. The molecule has 1 aromatic carbocycles. The van der Waals surface area contributed by atoms with Crippen LogP contribution in [0.4, 0.5) is 16.2 Å². The molecule has 0 spiro atoms. The molecule has 4 rings (SSSR count). The van der Waals surface area contributed by atoms with Crippen LogP contribution in [0.1, 0.15) is 12.6 Å². The number of rotatable bonds is 6. The third-order valence-electron chi connectivity index (χ3n) is 4.19. The number of ether oxygens (including phenoxy) is 1. The van der Waals surface area contributed by atoms with E-state index in [1.165, 1.54) is 12.1 Å². The van der Waals surface area contributed by atoms with Crippen LogP contribution >= 0.6 is 0 Å². The summed E-state index contributed by atoms with van der Waals surface area (Å²) in [5.74, 6) is 0.716. The van der Waals surface area contributed by atoms with Gasteiger partial charge in [0.2, 0.25) is 5.95 Å². The first-order valence-electron chi connectivity index (χ1n) is 8.85. The molecule has 3 heterocycles. The first-order chi connectivity index (χ1) is 13.6. The van der Waals surface area contributed by atoms with Gasteiger partial charge in [0.05, 0.1) is 18.8 Å². The lowest BCUT2D eigenvalue weighted by Crippen LogP contribution is -2.07. The Morgan fingerprint density at radius 2 is 2.07 bits per heavy atom. The van der Waals surface area contributed by atoms with Crippen molar-refractivity contribution in [3.8, 4) is 16.9 Å². The summed E-state index contributed by atoms with van der Waals surface area (Å²) in [5, 5.41) is 3.26. The van der Waals surface area contributed by atoms with Crippen molar-refractivity contribution in [2.75, 3.05) is 17.7 Å². The Balaban J connectivity index is 1.67. The van der Waals surface area contributed by atoms with Crippen LogP contribution in [-0.2, 0) is 6.54 Å². The number of hydrogen-bond donors (Lipinski definition) is 2. The molecule has 0 amide bonds. The Labute approximate surface area is 161 Å². The van der Waals surface area contributed by atoms with Crippen LogP contribution in [0.25, 0.3) is 16.8 Å². The molecular weight excluding hydrogens is 359 g/mol. The monoisotopic (exact) mass is 378 g/mol. The molecule has 7 nitrogen and oxygen atoms in total. The van der Waals surface area contributed by atoms with Crippen LogP contribution in [0.5, 0.6) is 5.75 Å². The van der Waals surface area contributed by atoms with Crippen LogP contribution in [0.2, 0.25) is 0 Å². The molecule has 0 aliphatic rings. The van der Waals surface area contributed by atoms with Crippen LogP contribution in [0.3, 0.4) is 0 Å². The zero-order chi connectivity index (χ0) is 19.5. The van der Waals surface area contributed by atoms with Gasteiger partial charge in [-0.2, -0.15) is 4.98 Å². The molecule has 0 unspecified atom stereocenters. The summed E-state index contributed by atoms with van der Waals surface area (Å²) in [4.78, 5) is 13.0. The smallest absolute Gasteiger partial charge is 0.221 e.